The van der Waals surface area contributed by atoms with Gasteiger partial charge in [0, 0.05) is 13.1 Å². The molecule has 0 aliphatic rings. The number of hydrogen-bond donors (Lipinski definition) is 1. The fourth-order valence-corrected chi connectivity index (χ4v) is 1.73. The zero-order chi connectivity index (χ0) is 13.4. The Morgan fingerprint density at radius 2 is 1.83 bits per heavy atom. The minimum absolute atomic E-state index is 0.0195. The van der Waals surface area contributed by atoms with Crippen LogP contribution in [0.5, 0.6) is 5.75 Å². The molecule has 4 heteroatoms. The molecule has 2 N–H and O–H groups in total. The van der Waals surface area contributed by atoms with Crippen LogP contribution in [0.25, 0.3) is 0 Å². The van der Waals surface area contributed by atoms with Crippen LogP contribution >= 0.6 is 0 Å². The van der Waals surface area contributed by atoms with E-state index in [-0.39, 0.29) is 12.5 Å². The van der Waals surface area contributed by atoms with Gasteiger partial charge < -0.3 is 15.4 Å². The minimum atomic E-state index is 0.0195. The maximum atomic E-state index is 11.7. The highest BCUT2D eigenvalue weighted by Crippen LogP contribution is 2.12. The van der Waals surface area contributed by atoms with Gasteiger partial charge in [-0.2, -0.15) is 0 Å². The molecule has 0 atom stereocenters. The lowest BCUT2D eigenvalue weighted by molar-refractivity contribution is -0.132. The van der Waals surface area contributed by atoms with Gasteiger partial charge in [-0.15, -0.1) is 0 Å². The van der Waals surface area contributed by atoms with E-state index in [4.69, 9.17) is 10.5 Å². The molecule has 1 aromatic carbocycles. The molecule has 0 aromatic heterocycles. The van der Waals surface area contributed by atoms with Gasteiger partial charge in [-0.3, -0.25) is 4.79 Å². The number of carbonyl (C=O) groups excluding carboxylic acids is 1. The van der Waals surface area contributed by atoms with Crippen molar-refractivity contribution in [3.8, 4) is 5.75 Å². The summed E-state index contributed by atoms with van der Waals surface area (Å²) in [6.07, 6.45) is 0.860. The molecule has 0 radical (unpaired) electrons. The van der Waals surface area contributed by atoms with Crippen LogP contribution in [-0.2, 0) is 11.2 Å². The van der Waals surface area contributed by atoms with E-state index in [0.717, 1.165) is 12.2 Å². The zero-order valence-corrected chi connectivity index (χ0v) is 11.2. The van der Waals surface area contributed by atoms with E-state index >= 15 is 0 Å². The average Bonchev–Trinajstić information content (AvgIpc) is 2.40. The summed E-state index contributed by atoms with van der Waals surface area (Å²) in [5, 5.41) is 0. The Kier molecular flexibility index (Phi) is 6.22. The first-order chi connectivity index (χ1) is 8.71. The quantitative estimate of drug-likeness (QED) is 0.796. The van der Waals surface area contributed by atoms with Crippen molar-refractivity contribution in [3.63, 3.8) is 0 Å². The largest absolute Gasteiger partial charge is 0.484 e. The van der Waals surface area contributed by atoms with E-state index in [2.05, 4.69) is 0 Å². The molecule has 4 nitrogen and oxygen atoms in total. The lowest BCUT2D eigenvalue weighted by atomic mass is 10.1. The molecular weight excluding hydrogens is 228 g/mol. The van der Waals surface area contributed by atoms with Gasteiger partial charge in [-0.25, -0.2) is 0 Å². The van der Waals surface area contributed by atoms with Crippen LogP contribution in [0.4, 0.5) is 0 Å². The number of nitrogens with two attached hydrogens (primary N) is 1. The molecular formula is C14H22N2O2. The van der Waals surface area contributed by atoms with Crippen molar-refractivity contribution >= 4 is 5.91 Å². The molecule has 18 heavy (non-hydrogen) atoms. The molecule has 0 heterocycles. The van der Waals surface area contributed by atoms with Gasteiger partial charge in [0.2, 0.25) is 0 Å². The monoisotopic (exact) mass is 250 g/mol. The second-order valence-corrected chi connectivity index (χ2v) is 4.04. The number of hydrogen-bond acceptors (Lipinski definition) is 3. The number of benzene rings is 1. The molecule has 100 valence electrons. The van der Waals surface area contributed by atoms with E-state index in [1.165, 1.54) is 5.56 Å². The second-order valence-electron chi connectivity index (χ2n) is 4.04. The first-order valence-electron chi connectivity index (χ1n) is 6.40. The molecule has 0 bridgehead atoms. The lowest BCUT2D eigenvalue weighted by Crippen LogP contribution is -2.34. The first-order valence-corrected chi connectivity index (χ1v) is 6.40. The molecule has 0 aliphatic heterocycles. The predicted octanol–water partition coefficient (Wildman–Crippen LogP) is 1.43. The third-order valence-electron chi connectivity index (χ3n) is 2.83. The van der Waals surface area contributed by atoms with Crippen LogP contribution < -0.4 is 10.5 Å². The standard InChI is InChI=1S/C14H22N2O2/c1-3-16(4-2)14(17)11-18-13-7-5-12(6-8-13)9-10-15/h5-8H,3-4,9-11,15H2,1-2H3. The Morgan fingerprint density at radius 3 is 2.33 bits per heavy atom. The van der Waals surface area contributed by atoms with Gasteiger partial charge in [0.1, 0.15) is 5.75 Å². The van der Waals surface area contributed by atoms with E-state index < -0.39 is 0 Å². The Labute approximate surface area is 109 Å². The van der Waals surface area contributed by atoms with Crippen molar-refractivity contribution in [2.45, 2.75) is 20.3 Å². The summed E-state index contributed by atoms with van der Waals surface area (Å²) in [5.74, 6) is 0.738. The third kappa shape index (κ3) is 4.37. The normalized spacial score (nSPS) is 10.2. The minimum Gasteiger partial charge on any atom is -0.484 e. The summed E-state index contributed by atoms with van der Waals surface area (Å²) in [5.41, 5.74) is 6.66. The maximum absolute atomic E-state index is 11.7. The Bertz CT molecular complexity index is 359. The van der Waals surface area contributed by atoms with E-state index in [9.17, 15) is 4.79 Å². The summed E-state index contributed by atoms with van der Waals surface area (Å²) < 4.78 is 5.46. The van der Waals surface area contributed by atoms with Crippen LogP contribution in [0, 0.1) is 0 Å². The fraction of sp³-hybridized carbons (Fsp3) is 0.500. The SMILES string of the molecule is CCN(CC)C(=O)COc1ccc(CCN)cc1. The Balaban J connectivity index is 2.45. The number of carbonyl (C=O) groups is 1. The van der Waals surface area contributed by atoms with Crippen molar-refractivity contribution in [2.24, 2.45) is 5.73 Å². The maximum Gasteiger partial charge on any atom is 0.260 e. The molecule has 0 saturated carbocycles. The summed E-state index contributed by atoms with van der Waals surface area (Å²) in [4.78, 5) is 13.5. The topological polar surface area (TPSA) is 55.6 Å². The van der Waals surface area contributed by atoms with Crippen LogP contribution in [0.3, 0.4) is 0 Å². The number of likely N-dealkylation sites (N-methyl/N-ethyl adjacent to an activating group) is 1. The highest BCUT2D eigenvalue weighted by atomic mass is 16.5. The van der Waals surface area contributed by atoms with Crippen LogP contribution in [-0.4, -0.2) is 37.0 Å². The first kappa shape index (κ1) is 14.5. The number of rotatable bonds is 7. The lowest BCUT2D eigenvalue weighted by Gasteiger charge is -2.18. The predicted molar refractivity (Wildman–Crippen MR) is 72.6 cm³/mol. The summed E-state index contributed by atoms with van der Waals surface area (Å²) >= 11 is 0. The summed E-state index contributed by atoms with van der Waals surface area (Å²) in [7, 11) is 0. The summed E-state index contributed by atoms with van der Waals surface area (Å²) in [6, 6.07) is 7.70. The van der Waals surface area contributed by atoms with Gasteiger partial charge in [0.15, 0.2) is 6.61 Å². The molecule has 0 spiro atoms. The van der Waals surface area contributed by atoms with Crippen LogP contribution in [0.2, 0.25) is 0 Å². The Morgan fingerprint density at radius 1 is 1.22 bits per heavy atom. The smallest absolute Gasteiger partial charge is 0.260 e. The van der Waals surface area contributed by atoms with Crippen molar-refractivity contribution in [3.05, 3.63) is 29.8 Å². The summed E-state index contributed by atoms with van der Waals surface area (Å²) in [6.45, 7) is 6.09. The van der Waals surface area contributed by atoms with Gasteiger partial charge in [-0.05, 0) is 44.5 Å². The van der Waals surface area contributed by atoms with Crippen molar-refractivity contribution in [2.75, 3.05) is 26.2 Å². The Hall–Kier alpha value is -1.55. The van der Waals surface area contributed by atoms with E-state index in [1.54, 1.807) is 4.90 Å². The number of nitrogens with zero attached hydrogens (tertiary/aromatic N) is 1. The fourth-order valence-electron chi connectivity index (χ4n) is 1.73. The molecule has 1 rings (SSSR count). The van der Waals surface area contributed by atoms with Gasteiger partial charge in [0.05, 0.1) is 0 Å². The van der Waals surface area contributed by atoms with E-state index in [0.29, 0.717) is 19.6 Å². The number of amides is 1. The molecule has 0 saturated heterocycles. The van der Waals surface area contributed by atoms with Gasteiger partial charge in [0.25, 0.3) is 5.91 Å². The molecule has 1 aromatic rings. The van der Waals surface area contributed by atoms with Gasteiger partial charge in [-0.1, -0.05) is 12.1 Å². The van der Waals surface area contributed by atoms with Gasteiger partial charge >= 0.3 is 0 Å². The average molecular weight is 250 g/mol. The molecule has 0 aliphatic carbocycles. The van der Waals surface area contributed by atoms with Crippen molar-refractivity contribution < 1.29 is 9.53 Å². The highest BCUT2D eigenvalue weighted by molar-refractivity contribution is 5.77. The van der Waals surface area contributed by atoms with Crippen molar-refractivity contribution in [1.82, 2.24) is 4.90 Å². The molecule has 1 amide bonds. The molecule has 0 fully saturated rings. The second kappa shape index (κ2) is 7.71. The van der Waals surface area contributed by atoms with Crippen LogP contribution in [0.1, 0.15) is 19.4 Å². The zero-order valence-electron chi connectivity index (χ0n) is 11.2. The van der Waals surface area contributed by atoms with Crippen molar-refractivity contribution in [1.29, 1.82) is 0 Å². The number of ether oxygens (including phenoxy) is 1. The third-order valence-corrected chi connectivity index (χ3v) is 2.83. The highest BCUT2D eigenvalue weighted by Gasteiger charge is 2.09. The van der Waals surface area contributed by atoms with E-state index in [1.807, 2.05) is 38.1 Å². The van der Waals surface area contributed by atoms with Crippen LogP contribution in [0.15, 0.2) is 24.3 Å². The molecule has 0 unspecified atom stereocenters.